The summed E-state index contributed by atoms with van der Waals surface area (Å²) in [4.78, 5) is 4.32. The lowest BCUT2D eigenvalue weighted by Crippen LogP contribution is -2.29. The predicted octanol–water partition coefficient (Wildman–Crippen LogP) is 3.92. The van der Waals surface area contributed by atoms with Crippen LogP contribution in [-0.2, 0) is 0 Å². The van der Waals surface area contributed by atoms with Crippen LogP contribution in [-0.4, -0.2) is 21.5 Å². The fourth-order valence-electron chi connectivity index (χ4n) is 1.70. The number of benzene rings is 1. The van der Waals surface area contributed by atoms with E-state index < -0.39 is 5.54 Å². The molecule has 2 rings (SSSR count). The van der Waals surface area contributed by atoms with Crippen molar-refractivity contribution in [2.75, 3.05) is 0 Å². The SMILES string of the molecule is Cc1ccc2nc(Cl)c(/C=[N+](\[O-])C(C)(C)C)cc2c1. The number of aryl methyl sites for hydroxylation is 1. The summed E-state index contributed by atoms with van der Waals surface area (Å²) in [5, 5.41) is 13.3. The summed E-state index contributed by atoms with van der Waals surface area (Å²) in [5.74, 6) is 0. The Balaban J connectivity index is 2.58. The van der Waals surface area contributed by atoms with Gasteiger partial charge in [-0.05, 0) is 25.1 Å². The Morgan fingerprint density at radius 1 is 1.26 bits per heavy atom. The lowest BCUT2D eigenvalue weighted by molar-refractivity contribution is -0.530. The van der Waals surface area contributed by atoms with E-state index in [0.29, 0.717) is 10.7 Å². The maximum atomic E-state index is 12.0. The molecule has 1 aromatic carbocycles. The van der Waals surface area contributed by atoms with Crippen LogP contribution >= 0.6 is 11.6 Å². The molecule has 0 radical (unpaired) electrons. The topological polar surface area (TPSA) is 39.0 Å². The van der Waals surface area contributed by atoms with E-state index >= 15 is 0 Å². The lowest BCUT2D eigenvalue weighted by atomic mass is 10.1. The number of pyridine rings is 1. The fourth-order valence-corrected chi connectivity index (χ4v) is 1.89. The zero-order valence-corrected chi connectivity index (χ0v) is 12.3. The van der Waals surface area contributed by atoms with Gasteiger partial charge >= 0.3 is 0 Å². The van der Waals surface area contributed by atoms with Crippen molar-refractivity contribution in [3.63, 3.8) is 0 Å². The maximum Gasteiger partial charge on any atom is 0.185 e. The summed E-state index contributed by atoms with van der Waals surface area (Å²) in [6.07, 6.45) is 1.50. The maximum absolute atomic E-state index is 12.0. The van der Waals surface area contributed by atoms with E-state index in [9.17, 15) is 5.21 Å². The van der Waals surface area contributed by atoms with Crippen LogP contribution in [0.4, 0.5) is 0 Å². The highest BCUT2D eigenvalue weighted by Crippen LogP contribution is 2.21. The molecule has 0 saturated carbocycles. The largest absolute Gasteiger partial charge is 0.623 e. The van der Waals surface area contributed by atoms with Gasteiger partial charge in [0.05, 0.1) is 11.1 Å². The summed E-state index contributed by atoms with van der Waals surface area (Å²) < 4.78 is 0.900. The van der Waals surface area contributed by atoms with Gasteiger partial charge in [-0.2, -0.15) is 0 Å². The Bertz CT molecular complexity index is 657. The molecule has 0 aliphatic carbocycles. The van der Waals surface area contributed by atoms with E-state index in [4.69, 9.17) is 11.6 Å². The lowest BCUT2D eigenvalue weighted by Gasteiger charge is -2.18. The van der Waals surface area contributed by atoms with E-state index in [1.54, 1.807) is 0 Å². The van der Waals surface area contributed by atoms with E-state index in [1.807, 2.05) is 52.0 Å². The first-order valence-electron chi connectivity index (χ1n) is 6.15. The quantitative estimate of drug-likeness (QED) is 0.260. The molecule has 0 saturated heterocycles. The zero-order valence-electron chi connectivity index (χ0n) is 11.6. The van der Waals surface area contributed by atoms with Crippen LogP contribution in [0.2, 0.25) is 5.15 Å². The second-order valence-electron chi connectivity index (χ2n) is 5.69. The standard InChI is InChI=1S/C15H17ClN2O/c1-10-5-6-13-11(7-10)8-12(14(16)17-13)9-18(19)15(2,3)4/h5-9H,1-4H3/b18-9-. The molecule has 0 bridgehead atoms. The first kappa shape index (κ1) is 13.8. The molecule has 0 fully saturated rings. The molecule has 0 N–H and O–H groups in total. The van der Waals surface area contributed by atoms with Gasteiger partial charge in [0, 0.05) is 26.2 Å². The second kappa shape index (κ2) is 4.82. The zero-order chi connectivity index (χ0) is 14.2. The van der Waals surface area contributed by atoms with Crippen molar-refractivity contribution >= 4 is 28.7 Å². The summed E-state index contributed by atoms with van der Waals surface area (Å²) in [7, 11) is 0. The minimum Gasteiger partial charge on any atom is -0.623 e. The number of nitrogens with zero attached hydrogens (tertiary/aromatic N) is 2. The van der Waals surface area contributed by atoms with Crippen molar-refractivity contribution in [1.82, 2.24) is 4.98 Å². The average Bonchev–Trinajstić information content (AvgIpc) is 2.29. The molecule has 19 heavy (non-hydrogen) atoms. The Kier molecular flexibility index (Phi) is 3.50. The van der Waals surface area contributed by atoms with Crippen molar-refractivity contribution < 1.29 is 4.74 Å². The first-order chi connectivity index (χ1) is 8.77. The van der Waals surface area contributed by atoms with Crippen molar-refractivity contribution in [3.05, 3.63) is 45.8 Å². The third-order valence-corrected chi connectivity index (χ3v) is 3.17. The number of fused-ring (bicyclic) bond motifs is 1. The molecule has 3 nitrogen and oxygen atoms in total. The first-order valence-corrected chi connectivity index (χ1v) is 6.53. The molecular formula is C15H17ClN2O. The van der Waals surface area contributed by atoms with E-state index in [-0.39, 0.29) is 0 Å². The summed E-state index contributed by atoms with van der Waals surface area (Å²) in [5.41, 5.74) is 2.13. The van der Waals surface area contributed by atoms with Crippen molar-refractivity contribution in [3.8, 4) is 0 Å². The second-order valence-corrected chi connectivity index (χ2v) is 6.05. The summed E-state index contributed by atoms with van der Waals surface area (Å²) in [6, 6.07) is 7.85. The van der Waals surface area contributed by atoms with Crippen LogP contribution in [0.25, 0.3) is 10.9 Å². The van der Waals surface area contributed by atoms with Gasteiger partial charge in [-0.3, -0.25) is 0 Å². The number of halogens is 1. The van der Waals surface area contributed by atoms with Gasteiger partial charge in [0.1, 0.15) is 5.15 Å². The number of hydrogen-bond acceptors (Lipinski definition) is 2. The van der Waals surface area contributed by atoms with Gasteiger partial charge in [0.25, 0.3) is 0 Å². The van der Waals surface area contributed by atoms with Gasteiger partial charge in [0.15, 0.2) is 11.8 Å². The van der Waals surface area contributed by atoms with E-state index in [1.165, 1.54) is 6.21 Å². The van der Waals surface area contributed by atoms with Crippen molar-refractivity contribution in [2.45, 2.75) is 33.2 Å². The minimum absolute atomic E-state index is 0.349. The molecule has 100 valence electrons. The molecule has 2 aromatic rings. The average molecular weight is 277 g/mol. The molecule has 0 atom stereocenters. The summed E-state index contributed by atoms with van der Waals surface area (Å²) >= 11 is 6.13. The molecule has 1 aromatic heterocycles. The van der Waals surface area contributed by atoms with Crippen molar-refractivity contribution in [1.29, 1.82) is 0 Å². The molecule has 0 aliphatic heterocycles. The molecular weight excluding hydrogens is 260 g/mol. The minimum atomic E-state index is -0.495. The van der Waals surface area contributed by atoms with Crippen LogP contribution < -0.4 is 0 Å². The Labute approximate surface area is 118 Å². The number of rotatable bonds is 1. The number of hydrogen-bond donors (Lipinski definition) is 0. The Hall–Kier alpha value is -1.61. The van der Waals surface area contributed by atoms with E-state index in [2.05, 4.69) is 4.98 Å². The highest BCUT2D eigenvalue weighted by Gasteiger charge is 2.19. The molecule has 0 aliphatic rings. The van der Waals surface area contributed by atoms with Crippen LogP contribution in [0.15, 0.2) is 24.3 Å². The van der Waals surface area contributed by atoms with Crippen LogP contribution in [0.5, 0.6) is 0 Å². The monoisotopic (exact) mass is 276 g/mol. The van der Waals surface area contributed by atoms with Crippen LogP contribution in [0, 0.1) is 12.1 Å². The third kappa shape index (κ3) is 3.04. The van der Waals surface area contributed by atoms with Crippen molar-refractivity contribution in [2.24, 2.45) is 0 Å². The Morgan fingerprint density at radius 2 is 1.95 bits per heavy atom. The van der Waals surface area contributed by atoms with Gasteiger partial charge in [-0.1, -0.05) is 23.2 Å². The molecule has 1 heterocycles. The van der Waals surface area contributed by atoms with Crippen LogP contribution in [0.3, 0.4) is 0 Å². The predicted molar refractivity (Wildman–Crippen MR) is 80.0 cm³/mol. The number of aromatic nitrogens is 1. The molecule has 0 spiro atoms. The molecule has 4 heteroatoms. The van der Waals surface area contributed by atoms with E-state index in [0.717, 1.165) is 21.2 Å². The van der Waals surface area contributed by atoms with Gasteiger partial charge in [-0.15, -0.1) is 0 Å². The molecule has 0 amide bonds. The van der Waals surface area contributed by atoms with Gasteiger partial charge < -0.3 is 5.21 Å². The summed E-state index contributed by atoms with van der Waals surface area (Å²) in [6.45, 7) is 7.57. The highest BCUT2D eigenvalue weighted by molar-refractivity contribution is 6.32. The smallest absolute Gasteiger partial charge is 0.185 e. The fraction of sp³-hybridized carbons (Fsp3) is 0.333. The van der Waals surface area contributed by atoms with Gasteiger partial charge in [-0.25, -0.2) is 9.72 Å². The Morgan fingerprint density at radius 3 is 2.58 bits per heavy atom. The number of hydroxylamine groups is 1. The highest BCUT2D eigenvalue weighted by atomic mass is 35.5. The van der Waals surface area contributed by atoms with Crippen LogP contribution in [0.1, 0.15) is 31.9 Å². The normalized spacial score (nSPS) is 13.0. The van der Waals surface area contributed by atoms with Gasteiger partial charge in [0.2, 0.25) is 0 Å². The molecule has 0 unspecified atom stereocenters. The third-order valence-electron chi connectivity index (χ3n) is 2.87.